The fourth-order valence-electron chi connectivity index (χ4n) is 4.46. The maximum atomic E-state index is 12.0. The number of aliphatic hydroxyl groups excluding tert-OH is 1. The second kappa shape index (κ2) is 30.9. The monoisotopic (exact) mass is 550 g/mol. The molecule has 0 saturated heterocycles. The lowest BCUT2D eigenvalue weighted by molar-refractivity contribution is -0.161. The van der Waals surface area contributed by atoms with Crippen LogP contribution in [0.15, 0.2) is 24.3 Å². The first-order chi connectivity index (χ1) is 19.1. The quantitative estimate of drug-likeness (QED) is 0.0570. The minimum atomic E-state index is -0.765. The molecule has 0 spiro atoms. The van der Waals surface area contributed by atoms with Crippen molar-refractivity contribution >= 4 is 11.9 Å². The number of hydrogen-bond acceptors (Lipinski definition) is 5. The van der Waals surface area contributed by atoms with E-state index in [1.54, 1.807) is 0 Å². The normalized spacial score (nSPS) is 12.4. The molecule has 0 heterocycles. The maximum absolute atomic E-state index is 12.0. The maximum Gasteiger partial charge on any atom is 0.306 e. The minimum Gasteiger partial charge on any atom is -0.462 e. The van der Waals surface area contributed by atoms with Gasteiger partial charge in [0.25, 0.3) is 0 Å². The molecule has 0 rings (SSSR count). The average Bonchev–Trinajstić information content (AvgIpc) is 2.94. The summed E-state index contributed by atoms with van der Waals surface area (Å²) in [5, 5.41) is 9.41. The number of allylic oxidation sites excluding steroid dienone is 4. The summed E-state index contributed by atoms with van der Waals surface area (Å²) in [6.07, 6.45) is 34.2. The van der Waals surface area contributed by atoms with Gasteiger partial charge in [-0.3, -0.25) is 9.59 Å². The van der Waals surface area contributed by atoms with Gasteiger partial charge in [-0.1, -0.05) is 128 Å². The first-order valence-corrected chi connectivity index (χ1v) is 16.4. The number of ether oxygens (including phenoxy) is 2. The number of hydrogen-bond donors (Lipinski definition) is 1. The van der Waals surface area contributed by atoms with Crippen molar-refractivity contribution in [3.05, 3.63) is 24.3 Å². The molecule has 5 nitrogen and oxygen atoms in total. The van der Waals surface area contributed by atoms with Crippen molar-refractivity contribution in [1.82, 2.24) is 0 Å². The van der Waals surface area contributed by atoms with Gasteiger partial charge in [0.2, 0.25) is 0 Å². The second-order valence-electron chi connectivity index (χ2n) is 10.9. The summed E-state index contributed by atoms with van der Waals surface area (Å²) in [6.45, 7) is 3.99. The van der Waals surface area contributed by atoms with E-state index < -0.39 is 6.10 Å². The molecule has 0 radical (unpaired) electrons. The van der Waals surface area contributed by atoms with E-state index in [1.165, 1.54) is 83.5 Å². The summed E-state index contributed by atoms with van der Waals surface area (Å²) in [4.78, 5) is 23.8. The molecule has 0 saturated carbocycles. The lowest BCUT2D eigenvalue weighted by atomic mass is 10.1. The third-order valence-electron chi connectivity index (χ3n) is 7.00. The Bertz CT molecular complexity index is 598. The average molecular weight is 551 g/mol. The van der Waals surface area contributed by atoms with Crippen LogP contribution in [0.5, 0.6) is 0 Å². The van der Waals surface area contributed by atoms with Gasteiger partial charge in [0.05, 0.1) is 6.61 Å². The zero-order valence-electron chi connectivity index (χ0n) is 25.6. The van der Waals surface area contributed by atoms with E-state index in [4.69, 9.17) is 9.47 Å². The summed E-state index contributed by atoms with van der Waals surface area (Å²) < 4.78 is 10.4. The Morgan fingerprint density at radius 3 is 1.54 bits per heavy atom. The van der Waals surface area contributed by atoms with E-state index in [-0.39, 0.29) is 25.2 Å². The zero-order chi connectivity index (χ0) is 28.7. The summed E-state index contributed by atoms with van der Waals surface area (Å²) in [5.41, 5.74) is 0. The molecule has 0 aliphatic carbocycles. The third-order valence-corrected chi connectivity index (χ3v) is 7.00. The van der Waals surface area contributed by atoms with Gasteiger partial charge in [0.1, 0.15) is 6.61 Å². The summed E-state index contributed by atoms with van der Waals surface area (Å²) in [6, 6.07) is 0. The summed E-state index contributed by atoms with van der Waals surface area (Å²) in [5.74, 6) is -0.615. The van der Waals surface area contributed by atoms with Crippen molar-refractivity contribution in [2.45, 2.75) is 168 Å². The Morgan fingerprint density at radius 2 is 1.03 bits per heavy atom. The highest BCUT2D eigenvalue weighted by molar-refractivity contribution is 5.70. The van der Waals surface area contributed by atoms with Crippen molar-refractivity contribution in [1.29, 1.82) is 0 Å². The molecule has 0 aromatic heterocycles. The Morgan fingerprint density at radius 1 is 0.590 bits per heavy atom. The van der Waals surface area contributed by atoms with E-state index in [0.717, 1.165) is 51.4 Å². The van der Waals surface area contributed by atoms with Gasteiger partial charge >= 0.3 is 11.9 Å². The number of unbranched alkanes of at least 4 members (excludes halogenated alkanes) is 17. The Hall–Kier alpha value is -1.62. The highest BCUT2D eigenvalue weighted by Gasteiger charge is 2.16. The topological polar surface area (TPSA) is 72.8 Å². The van der Waals surface area contributed by atoms with Crippen LogP contribution in [0.3, 0.4) is 0 Å². The number of aliphatic hydroxyl groups is 1. The van der Waals surface area contributed by atoms with Gasteiger partial charge in [-0.25, -0.2) is 0 Å². The Balaban J connectivity index is 3.49. The van der Waals surface area contributed by atoms with Crippen molar-refractivity contribution in [2.75, 3.05) is 13.2 Å². The molecule has 0 aliphatic heterocycles. The van der Waals surface area contributed by atoms with E-state index in [1.807, 2.05) is 0 Å². The molecular weight excluding hydrogens is 488 g/mol. The SMILES string of the molecule is CCCCCCC/C=C\C/C=C\CCCCCCCCCCCC(=O)OC(CO)COC(=O)CCCCCC. The second-order valence-corrected chi connectivity index (χ2v) is 10.9. The third kappa shape index (κ3) is 29.2. The molecule has 0 aromatic carbocycles. The van der Waals surface area contributed by atoms with Crippen LogP contribution in [0.2, 0.25) is 0 Å². The largest absolute Gasteiger partial charge is 0.462 e. The van der Waals surface area contributed by atoms with Gasteiger partial charge in [0.15, 0.2) is 6.10 Å². The number of rotatable bonds is 29. The Labute approximate surface area is 241 Å². The number of carbonyl (C=O) groups is 2. The van der Waals surface area contributed by atoms with Crippen LogP contribution >= 0.6 is 0 Å². The van der Waals surface area contributed by atoms with Gasteiger partial charge in [-0.2, -0.15) is 0 Å². The molecule has 5 heteroatoms. The van der Waals surface area contributed by atoms with E-state index in [2.05, 4.69) is 38.2 Å². The molecule has 0 amide bonds. The molecule has 228 valence electrons. The smallest absolute Gasteiger partial charge is 0.306 e. The highest BCUT2D eigenvalue weighted by atomic mass is 16.6. The predicted molar refractivity (Wildman–Crippen MR) is 164 cm³/mol. The molecule has 1 atom stereocenters. The van der Waals surface area contributed by atoms with Crippen LogP contribution in [-0.2, 0) is 19.1 Å². The number of carbonyl (C=O) groups excluding carboxylic acids is 2. The zero-order valence-corrected chi connectivity index (χ0v) is 25.6. The molecule has 0 aliphatic rings. The predicted octanol–water partition coefficient (Wildman–Crippen LogP) is 9.56. The van der Waals surface area contributed by atoms with E-state index in [0.29, 0.717) is 12.8 Å². The fraction of sp³-hybridized carbons (Fsp3) is 0.824. The molecule has 0 fully saturated rings. The van der Waals surface area contributed by atoms with Crippen LogP contribution in [0.1, 0.15) is 162 Å². The first kappa shape index (κ1) is 37.4. The van der Waals surface area contributed by atoms with Crippen LogP contribution < -0.4 is 0 Å². The first-order valence-electron chi connectivity index (χ1n) is 16.4. The van der Waals surface area contributed by atoms with Crippen molar-refractivity contribution in [3.63, 3.8) is 0 Å². The highest BCUT2D eigenvalue weighted by Crippen LogP contribution is 2.13. The van der Waals surface area contributed by atoms with Crippen molar-refractivity contribution < 1.29 is 24.2 Å². The van der Waals surface area contributed by atoms with Gasteiger partial charge in [0, 0.05) is 12.8 Å². The van der Waals surface area contributed by atoms with Gasteiger partial charge < -0.3 is 14.6 Å². The summed E-state index contributed by atoms with van der Waals surface area (Å²) in [7, 11) is 0. The van der Waals surface area contributed by atoms with E-state index in [9.17, 15) is 14.7 Å². The fourth-order valence-corrected chi connectivity index (χ4v) is 4.46. The molecular formula is C34H62O5. The molecule has 1 N–H and O–H groups in total. The van der Waals surface area contributed by atoms with Crippen LogP contribution in [0.4, 0.5) is 0 Å². The van der Waals surface area contributed by atoms with Crippen LogP contribution in [-0.4, -0.2) is 36.4 Å². The number of esters is 2. The summed E-state index contributed by atoms with van der Waals surface area (Å²) >= 11 is 0. The molecule has 39 heavy (non-hydrogen) atoms. The standard InChI is InChI=1S/C34H62O5/c1-3-5-7-9-10-11-12-13-14-15-16-17-18-19-20-21-22-23-24-25-27-29-34(37)39-32(30-35)31-38-33(36)28-26-8-6-4-2/h12-13,15-16,32,35H,3-11,14,17-31H2,1-2H3/b13-12-,16-15-. The van der Waals surface area contributed by atoms with Crippen molar-refractivity contribution in [3.8, 4) is 0 Å². The molecule has 1 unspecified atom stereocenters. The molecule has 0 aromatic rings. The lowest BCUT2D eigenvalue weighted by Crippen LogP contribution is -2.28. The van der Waals surface area contributed by atoms with Crippen molar-refractivity contribution in [2.24, 2.45) is 0 Å². The minimum absolute atomic E-state index is 0.0677. The van der Waals surface area contributed by atoms with Gasteiger partial charge in [-0.15, -0.1) is 0 Å². The van der Waals surface area contributed by atoms with Crippen LogP contribution in [0, 0.1) is 0 Å². The van der Waals surface area contributed by atoms with Crippen LogP contribution in [0.25, 0.3) is 0 Å². The van der Waals surface area contributed by atoms with E-state index >= 15 is 0 Å². The Kier molecular flexibility index (Phi) is 29.6. The molecule has 0 bridgehead atoms. The van der Waals surface area contributed by atoms with Gasteiger partial charge in [-0.05, 0) is 44.9 Å². The lowest BCUT2D eigenvalue weighted by Gasteiger charge is -2.15.